The molecule has 1 saturated heterocycles. The van der Waals surface area contributed by atoms with E-state index in [0.29, 0.717) is 32.0 Å². The van der Waals surface area contributed by atoms with Crippen LogP contribution in [0.1, 0.15) is 44.1 Å². The number of likely N-dealkylation sites (tertiary alicyclic amines) is 1. The minimum Gasteiger partial charge on any atom is -0.341 e. The van der Waals surface area contributed by atoms with E-state index in [1.54, 1.807) is 11.1 Å². The zero-order valence-corrected chi connectivity index (χ0v) is 15.9. The van der Waals surface area contributed by atoms with Crippen molar-refractivity contribution in [3.05, 3.63) is 42.1 Å². The summed E-state index contributed by atoms with van der Waals surface area (Å²) in [6.07, 6.45) is 7.52. The van der Waals surface area contributed by atoms with E-state index in [1.165, 1.54) is 12.8 Å². The molecular weight excluding hydrogens is 338 g/mol. The van der Waals surface area contributed by atoms with Crippen LogP contribution in [-0.4, -0.2) is 46.2 Å². The van der Waals surface area contributed by atoms with Crippen LogP contribution in [0, 0.1) is 5.92 Å². The van der Waals surface area contributed by atoms with E-state index < -0.39 is 0 Å². The van der Waals surface area contributed by atoms with E-state index in [1.807, 2.05) is 42.3 Å². The van der Waals surface area contributed by atoms with Gasteiger partial charge in [0.1, 0.15) is 0 Å². The van der Waals surface area contributed by atoms with Crippen molar-refractivity contribution in [2.24, 2.45) is 5.92 Å². The number of piperidine rings is 1. The molecule has 2 aromatic rings. The third-order valence-corrected chi connectivity index (χ3v) is 6.06. The van der Waals surface area contributed by atoms with Crippen molar-refractivity contribution in [3.8, 4) is 0 Å². The number of benzene rings is 1. The zero-order valence-electron chi connectivity index (χ0n) is 15.9. The van der Waals surface area contributed by atoms with Crippen LogP contribution in [0.2, 0.25) is 0 Å². The molecule has 0 radical (unpaired) electrons. The smallest absolute Gasteiger partial charge is 0.227 e. The standard InChI is InChI=1S/C22H27N3O2/c1-24(14-17-7-4-6-16-8-5-13-23-21(16)17)22(27)18-11-12-20(26)25(15-18)19-9-2-3-10-19/h4-8,13,18-19H,2-3,9-12,14-15H2,1H3/t18-/m1/s1. The number of fused-ring (bicyclic) bond motifs is 1. The highest BCUT2D eigenvalue weighted by atomic mass is 16.2. The number of hydrogen-bond acceptors (Lipinski definition) is 3. The van der Waals surface area contributed by atoms with Gasteiger partial charge in [-0.3, -0.25) is 14.6 Å². The zero-order chi connectivity index (χ0) is 18.8. The Labute approximate surface area is 160 Å². The lowest BCUT2D eigenvalue weighted by Gasteiger charge is -2.37. The first-order chi connectivity index (χ1) is 13.1. The predicted octanol–water partition coefficient (Wildman–Crippen LogP) is 3.37. The molecule has 27 heavy (non-hydrogen) atoms. The molecule has 1 atom stereocenters. The van der Waals surface area contributed by atoms with Gasteiger partial charge in [-0.15, -0.1) is 0 Å². The number of pyridine rings is 1. The van der Waals surface area contributed by atoms with Gasteiger partial charge in [-0.2, -0.15) is 0 Å². The highest BCUT2D eigenvalue weighted by molar-refractivity contribution is 5.85. The lowest BCUT2D eigenvalue weighted by Crippen LogP contribution is -2.49. The minimum absolute atomic E-state index is 0.0868. The van der Waals surface area contributed by atoms with Crippen molar-refractivity contribution in [2.75, 3.05) is 13.6 Å². The number of amides is 2. The number of carbonyl (C=O) groups excluding carboxylic acids is 2. The Balaban J connectivity index is 1.46. The van der Waals surface area contributed by atoms with Crippen molar-refractivity contribution >= 4 is 22.7 Å². The topological polar surface area (TPSA) is 53.5 Å². The van der Waals surface area contributed by atoms with E-state index in [4.69, 9.17) is 0 Å². The summed E-state index contributed by atoms with van der Waals surface area (Å²) < 4.78 is 0. The van der Waals surface area contributed by atoms with E-state index in [-0.39, 0.29) is 17.7 Å². The molecule has 1 aliphatic carbocycles. The third kappa shape index (κ3) is 3.68. The van der Waals surface area contributed by atoms with Gasteiger partial charge in [-0.05, 0) is 30.9 Å². The summed E-state index contributed by atoms with van der Waals surface area (Å²) in [4.78, 5) is 33.7. The van der Waals surface area contributed by atoms with Gasteiger partial charge < -0.3 is 9.80 Å². The summed E-state index contributed by atoms with van der Waals surface area (Å²) in [7, 11) is 1.86. The van der Waals surface area contributed by atoms with E-state index in [2.05, 4.69) is 4.98 Å². The van der Waals surface area contributed by atoms with Crippen molar-refractivity contribution < 1.29 is 9.59 Å². The number of aromatic nitrogens is 1. The second-order valence-corrected chi connectivity index (χ2v) is 7.91. The molecule has 2 aliphatic rings. The average molecular weight is 365 g/mol. The van der Waals surface area contributed by atoms with Gasteiger partial charge in [0.15, 0.2) is 0 Å². The molecule has 2 amide bonds. The fourth-order valence-electron chi connectivity index (χ4n) is 4.58. The molecule has 0 N–H and O–H groups in total. The van der Waals surface area contributed by atoms with Crippen LogP contribution in [0.3, 0.4) is 0 Å². The Bertz CT molecular complexity index is 839. The first kappa shape index (κ1) is 18.0. The van der Waals surface area contributed by atoms with Crippen LogP contribution < -0.4 is 0 Å². The lowest BCUT2D eigenvalue weighted by molar-refractivity contribution is -0.144. The first-order valence-electron chi connectivity index (χ1n) is 10.0. The summed E-state index contributed by atoms with van der Waals surface area (Å²) in [5.74, 6) is 0.279. The summed E-state index contributed by atoms with van der Waals surface area (Å²) >= 11 is 0. The van der Waals surface area contributed by atoms with Gasteiger partial charge in [0.2, 0.25) is 11.8 Å². The van der Waals surface area contributed by atoms with Crippen molar-refractivity contribution in [2.45, 2.75) is 51.1 Å². The van der Waals surface area contributed by atoms with Crippen LogP contribution in [0.15, 0.2) is 36.5 Å². The third-order valence-electron chi connectivity index (χ3n) is 6.06. The largest absolute Gasteiger partial charge is 0.341 e. The molecule has 1 aromatic heterocycles. The molecule has 4 rings (SSSR count). The number of hydrogen-bond donors (Lipinski definition) is 0. The lowest BCUT2D eigenvalue weighted by atomic mass is 9.94. The number of carbonyl (C=O) groups is 2. The Morgan fingerprint density at radius 3 is 2.78 bits per heavy atom. The highest BCUT2D eigenvalue weighted by Gasteiger charge is 2.36. The molecule has 1 aliphatic heterocycles. The molecule has 0 spiro atoms. The Hall–Kier alpha value is -2.43. The fourth-order valence-corrected chi connectivity index (χ4v) is 4.58. The predicted molar refractivity (Wildman–Crippen MR) is 105 cm³/mol. The molecule has 0 bridgehead atoms. The molecule has 5 nitrogen and oxygen atoms in total. The SMILES string of the molecule is CN(Cc1cccc2cccnc12)C(=O)[C@@H]1CCC(=O)N(C2CCCC2)C1. The van der Waals surface area contributed by atoms with Gasteiger partial charge in [0, 0.05) is 44.2 Å². The number of nitrogens with zero attached hydrogens (tertiary/aromatic N) is 3. The summed E-state index contributed by atoms with van der Waals surface area (Å²) in [5.41, 5.74) is 2.01. The molecular formula is C22H27N3O2. The molecule has 142 valence electrons. The maximum absolute atomic E-state index is 13.1. The van der Waals surface area contributed by atoms with Crippen LogP contribution in [0.25, 0.3) is 10.9 Å². The van der Waals surface area contributed by atoms with Crippen molar-refractivity contribution in [1.29, 1.82) is 0 Å². The average Bonchev–Trinajstić information content (AvgIpc) is 3.22. The fraction of sp³-hybridized carbons (Fsp3) is 0.500. The van der Waals surface area contributed by atoms with Crippen LogP contribution in [-0.2, 0) is 16.1 Å². The summed E-state index contributed by atoms with van der Waals surface area (Å²) in [6.45, 7) is 1.13. The highest BCUT2D eigenvalue weighted by Crippen LogP contribution is 2.29. The molecule has 2 heterocycles. The summed E-state index contributed by atoms with van der Waals surface area (Å²) in [6, 6.07) is 10.4. The monoisotopic (exact) mass is 365 g/mol. The first-order valence-corrected chi connectivity index (χ1v) is 10.0. The van der Waals surface area contributed by atoms with E-state index in [0.717, 1.165) is 29.3 Å². The molecule has 5 heteroatoms. The van der Waals surface area contributed by atoms with Crippen LogP contribution >= 0.6 is 0 Å². The molecule has 0 unspecified atom stereocenters. The Kier molecular flexibility index (Phi) is 5.10. The second-order valence-electron chi connectivity index (χ2n) is 7.91. The molecule has 1 aromatic carbocycles. The van der Waals surface area contributed by atoms with Gasteiger partial charge in [0.05, 0.1) is 11.4 Å². The second kappa shape index (κ2) is 7.67. The minimum atomic E-state index is -0.0868. The maximum atomic E-state index is 13.1. The van der Waals surface area contributed by atoms with E-state index in [9.17, 15) is 9.59 Å². The Morgan fingerprint density at radius 2 is 1.96 bits per heavy atom. The quantitative estimate of drug-likeness (QED) is 0.835. The van der Waals surface area contributed by atoms with Crippen LogP contribution in [0.5, 0.6) is 0 Å². The summed E-state index contributed by atoms with van der Waals surface area (Å²) in [5, 5.41) is 1.09. The number of rotatable bonds is 4. The van der Waals surface area contributed by atoms with Gasteiger partial charge in [-0.25, -0.2) is 0 Å². The van der Waals surface area contributed by atoms with Gasteiger partial charge in [0.25, 0.3) is 0 Å². The normalized spacial score (nSPS) is 21.0. The van der Waals surface area contributed by atoms with Crippen molar-refractivity contribution in [1.82, 2.24) is 14.8 Å². The number of para-hydroxylation sites is 1. The van der Waals surface area contributed by atoms with Crippen LogP contribution in [0.4, 0.5) is 0 Å². The van der Waals surface area contributed by atoms with E-state index >= 15 is 0 Å². The molecule has 1 saturated carbocycles. The van der Waals surface area contributed by atoms with Gasteiger partial charge >= 0.3 is 0 Å². The van der Waals surface area contributed by atoms with Crippen molar-refractivity contribution in [3.63, 3.8) is 0 Å². The molecule has 2 fully saturated rings. The maximum Gasteiger partial charge on any atom is 0.227 e. The van der Waals surface area contributed by atoms with Gasteiger partial charge in [-0.1, -0.05) is 37.1 Å². The Morgan fingerprint density at radius 1 is 1.19 bits per heavy atom.